The second-order valence-electron chi connectivity index (χ2n) is 2.98. The highest BCUT2D eigenvalue weighted by atomic mass is 16.3. The van der Waals surface area contributed by atoms with Gasteiger partial charge >= 0.3 is 0 Å². The molecule has 1 aliphatic rings. The molecule has 4 heteroatoms. The number of carbonyl (C=O) groups excluding carboxylic acids is 1. The molecule has 1 fully saturated rings. The van der Waals surface area contributed by atoms with Crippen LogP contribution in [0.2, 0.25) is 0 Å². The molecule has 0 bridgehead atoms. The van der Waals surface area contributed by atoms with Gasteiger partial charge in [-0.05, 0) is 18.8 Å². The third-order valence-corrected chi connectivity index (χ3v) is 1.87. The van der Waals surface area contributed by atoms with E-state index in [1.54, 1.807) is 0 Å². The lowest BCUT2D eigenvalue weighted by atomic mass is 10.4. The van der Waals surface area contributed by atoms with Crippen LogP contribution in [0.15, 0.2) is 10.7 Å². The molecule has 1 aromatic rings. The van der Waals surface area contributed by atoms with Crippen molar-refractivity contribution in [3.63, 3.8) is 0 Å². The first-order chi connectivity index (χ1) is 5.86. The monoisotopic (exact) mass is 165 g/mol. The lowest BCUT2D eigenvalue weighted by Gasteiger charge is -1.98. The number of carbonyl (C=O) groups is 1. The molecule has 4 nitrogen and oxygen atoms in total. The van der Waals surface area contributed by atoms with E-state index in [9.17, 15) is 4.79 Å². The maximum Gasteiger partial charge on any atom is 0.284 e. The highest BCUT2D eigenvalue weighted by Crippen LogP contribution is 2.27. The summed E-state index contributed by atoms with van der Waals surface area (Å²) in [6.45, 7) is 0.756. The van der Waals surface area contributed by atoms with E-state index >= 15 is 0 Å². The lowest BCUT2D eigenvalue weighted by molar-refractivity contribution is 0.0947. The first kappa shape index (κ1) is 7.34. The zero-order chi connectivity index (χ0) is 8.39. The van der Waals surface area contributed by atoms with Crippen molar-refractivity contribution in [1.82, 2.24) is 10.3 Å². The van der Waals surface area contributed by atoms with Crippen LogP contribution in [0.5, 0.6) is 0 Å². The average molecular weight is 165 g/mol. The second kappa shape index (κ2) is 2.97. The second-order valence-corrected chi connectivity index (χ2v) is 2.98. The summed E-state index contributed by atoms with van der Waals surface area (Å²) in [6.07, 6.45) is 5.98. The van der Waals surface area contributed by atoms with E-state index in [0.29, 0.717) is 11.6 Å². The van der Waals surface area contributed by atoms with Gasteiger partial charge in [0, 0.05) is 6.54 Å². The Morgan fingerprint density at radius 2 is 2.67 bits per heavy atom. The zero-order valence-electron chi connectivity index (χ0n) is 6.54. The summed E-state index contributed by atoms with van der Waals surface area (Å²) in [5, 5.41) is 2.77. The predicted molar refractivity (Wildman–Crippen MR) is 40.4 cm³/mol. The van der Waals surface area contributed by atoms with Crippen LogP contribution in [0.4, 0.5) is 0 Å². The van der Waals surface area contributed by atoms with E-state index in [4.69, 9.17) is 0 Å². The van der Waals surface area contributed by atoms with Crippen LogP contribution < -0.4 is 5.32 Å². The number of rotatable bonds is 3. The largest absolute Gasteiger partial charge is 0.440 e. The van der Waals surface area contributed by atoms with Gasteiger partial charge in [0.1, 0.15) is 6.26 Å². The topological polar surface area (TPSA) is 55.1 Å². The minimum Gasteiger partial charge on any atom is -0.440 e. The van der Waals surface area contributed by atoms with Crippen molar-refractivity contribution in [2.45, 2.75) is 12.8 Å². The molecule has 1 aromatic heterocycles. The Labute approximate surface area is 70.0 Å². The molecule has 1 radical (unpaired) electrons. The van der Waals surface area contributed by atoms with Crippen molar-refractivity contribution in [3.8, 4) is 0 Å². The van der Waals surface area contributed by atoms with E-state index in [2.05, 4.69) is 21.1 Å². The fraction of sp³-hybridized carbons (Fsp3) is 0.500. The Kier molecular flexibility index (Phi) is 1.81. The van der Waals surface area contributed by atoms with Crippen LogP contribution in [0.3, 0.4) is 0 Å². The SMILES string of the molecule is O=C(NCC1CC1)c1co[c]n1. The molecule has 1 amide bonds. The highest BCUT2D eigenvalue weighted by Gasteiger charge is 2.22. The van der Waals surface area contributed by atoms with Crippen LogP contribution in [0, 0.1) is 12.3 Å². The molecule has 0 unspecified atom stereocenters. The van der Waals surface area contributed by atoms with Gasteiger partial charge in [0.2, 0.25) is 0 Å². The molecular formula is C8H9N2O2. The molecule has 1 heterocycles. The molecule has 0 saturated heterocycles. The van der Waals surface area contributed by atoms with Crippen molar-refractivity contribution >= 4 is 5.91 Å². The maximum atomic E-state index is 11.2. The van der Waals surface area contributed by atoms with E-state index < -0.39 is 0 Å². The smallest absolute Gasteiger partial charge is 0.284 e. The van der Waals surface area contributed by atoms with Crippen molar-refractivity contribution in [3.05, 3.63) is 18.4 Å². The standard InChI is InChI=1S/C8H9N2O2/c11-8(7-4-12-5-10-7)9-3-6-1-2-6/h4,6H,1-3H2,(H,9,11). The molecule has 1 N–H and O–H groups in total. The summed E-state index contributed by atoms with van der Waals surface area (Å²) in [6, 6.07) is 0. The van der Waals surface area contributed by atoms with E-state index in [0.717, 1.165) is 6.54 Å². The minimum atomic E-state index is -0.174. The number of aromatic nitrogens is 1. The Morgan fingerprint density at radius 3 is 3.25 bits per heavy atom. The number of hydrogen-bond donors (Lipinski definition) is 1. The molecule has 1 saturated carbocycles. The number of amides is 1. The van der Waals surface area contributed by atoms with Crippen LogP contribution in [0.1, 0.15) is 23.3 Å². The molecule has 2 rings (SSSR count). The molecule has 12 heavy (non-hydrogen) atoms. The highest BCUT2D eigenvalue weighted by molar-refractivity contribution is 5.91. The summed E-state index contributed by atoms with van der Waals surface area (Å²) in [5.41, 5.74) is 0.302. The number of oxazole rings is 1. The molecule has 0 spiro atoms. The summed E-state index contributed by atoms with van der Waals surface area (Å²) in [5.74, 6) is 0.511. The molecular weight excluding hydrogens is 156 g/mol. The van der Waals surface area contributed by atoms with Crippen LogP contribution in [-0.4, -0.2) is 17.4 Å². The van der Waals surface area contributed by atoms with Gasteiger partial charge in [-0.1, -0.05) is 0 Å². The quantitative estimate of drug-likeness (QED) is 0.714. The molecule has 1 aliphatic carbocycles. The fourth-order valence-electron chi connectivity index (χ4n) is 0.938. The van der Waals surface area contributed by atoms with Crippen molar-refractivity contribution in [2.24, 2.45) is 5.92 Å². The number of hydrogen-bond acceptors (Lipinski definition) is 3. The van der Waals surface area contributed by atoms with Gasteiger partial charge in [-0.2, -0.15) is 4.98 Å². The number of nitrogens with zero attached hydrogens (tertiary/aromatic N) is 1. The van der Waals surface area contributed by atoms with Gasteiger partial charge in [-0.3, -0.25) is 4.79 Å². The summed E-state index contributed by atoms with van der Waals surface area (Å²) in [7, 11) is 0. The third-order valence-electron chi connectivity index (χ3n) is 1.87. The first-order valence-corrected chi connectivity index (χ1v) is 3.96. The Morgan fingerprint density at radius 1 is 1.83 bits per heavy atom. The summed E-state index contributed by atoms with van der Waals surface area (Å²) >= 11 is 0. The van der Waals surface area contributed by atoms with E-state index in [-0.39, 0.29) is 5.91 Å². The number of nitrogens with one attached hydrogen (secondary N) is 1. The Hall–Kier alpha value is -1.32. The van der Waals surface area contributed by atoms with E-state index in [1.807, 2.05) is 0 Å². The predicted octanol–water partition coefficient (Wildman–Crippen LogP) is 0.615. The minimum absolute atomic E-state index is 0.174. The van der Waals surface area contributed by atoms with Crippen molar-refractivity contribution < 1.29 is 9.21 Å². The molecule has 0 aromatic carbocycles. The normalized spacial score (nSPS) is 16.0. The Bertz CT molecular complexity index is 265. The van der Waals surface area contributed by atoms with Crippen LogP contribution in [0.25, 0.3) is 0 Å². The third kappa shape index (κ3) is 1.64. The van der Waals surface area contributed by atoms with Gasteiger partial charge in [-0.25, -0.2) is 0 Å². The van der Waals surface area contributed by atoms with Crippen molar-refractivity contribution in [2.75, 3.05) is 6.54 Å². The Balaban J connectivity index is 1.83. The fourth-order valence-corrected chi connectivity index (χ4v) is 0.938. The van der Waals surface area contributed by atoms with E-state index in [1.165, 1.54) is 19.1 Å². The van der Waals surface area contributed by atoms with Crippen LogP contribution in [-0.2, 0) is 0 Å². The summed E-state index contributed by atoms with van der Waals surface area (Å²) in [4.78, 5) is 14.8. The van der Waals surface area contributed by atoms with Gasteiger partial charge < -0.3 is 9.73 Å². The molecule has 0 aliphatic heterocycles. The lowest BCUT2D eigenvalue weighted by Crippen LogP contribution is -2.25. The van der Waals surface area contributed by atoms with Gasteiger partial charge in [0.25, 0.3) is 12.3 Å². The molecule has 63 valence electrons. The van der Waals surface area contributed by atoms with Gasteiger partial charge in [0.15, 0.2) is 5.69 Å². The average Bonchev–Trinajstić information content (AvgIpc) is 2.74. The summed E-state index contributed by atoms with van der Waals surface area (Å²) < 4.78 is 4.56. The maximum absolute atomic E-state index is 11.2. The first-order valence-electron chi connectivity index (χ1n) is 3.96. The van der Waals surface area contributed by atoms with Gasteiger partial charge in [-0.15, -0.1) is 0 Å². The van der Waals surface area contributed by atoms with Gasteiger partial charge in [0.05, 0.1) is 0 Å². The van der Waals surface area contributed by atoms with Crippen LogP contribution >= 0.6 is 0 Å². The molecule has 0 atom stereocenters. The zero-order valence-corrected chi connectivity index (χ0v) is 6.54. The van der Waals surface area contributed by atoms with Crippen molar-refractivity contribution in [1.29, 1.82) is 0 Å².